The van der Waals surface area contributed by atoms with Crippen molar-refractivity contribution in [3.63, 3.8) is 0 Å². The van der Waals surface area contributed by atoms with E-state index in [0.29, 0.717) is 32.0 Å². The Bertz CT molecular complexity index is 298. The minimum atomic E-state index is -1.05. The Labute approximate surface area is 115 Å². The molecule has 0 saturated heterocycles. The van der Waals surface area contributed by atoms with Crippen LogP contribution in [0, 0.1) is 5.92 Å². The van der Waals surface area contributed by atoms with E-state index in [-0.39, 0.29) is 6.09 Å². The Morgan fingerprint density at radius 3 is 2.32 bits per heavy atom. The highest BCUT2D eigenvalue weighted by Crippen LogP contribution is 2.11. The monoisotopic (exact) mass is 274 g/mol. The van der Waals surface area contributed by atoms with E-state index in [1.165, 1.54) is 0 Å². The van der Waals surface area contributed by atoms with Crippen molar-refractivity contribution in [1.82, 2.24) is 10.2 Å². The maximum Gasteiger partial charge on any atom is 0.410 e. The summed E-state index contributed by atoms with van der Waals surface area (Å²) in [6, 6.07) is 0. The molecule has 19 heavy (non-hydrogen) atoms. The van der Waals surface area contributed by atoms with E-state index in [1.807, 2.05) is 34.6 Å². The molecule has 0 saturated carbocycles. The van der Waals surface area contributed by atoms with Gasteiger partial charge in [-0.2, -0.15) is 0 Å². The van der Waals surface area contributed by atoms with E-state index in [0.717, 1.165) is 0 Å². The first-order valence-corrected chi connectivity index (χ1v) is 6.56. The number of ether oxygens (including phenoxy) is 1. The second kappa shape index (κ2) is 7.86. The fraction of sp³-hybridized carbons (Fsp3) is 0.846. The molecule has 6 nitrogen and oxygen atoms in total. The van der Waals surface area contributed by atoms with Crippen molar-refractivity contribution in [2.24, 2.45) is 5.92 Å². The van der Waals surface area contributed by atoms with Gasteiger partial charge in [-0.25, -0.2) is 9.59 Å². The van der Waals surface area contributed by atoms with Crippen LogP contribution in [0.2, 0.25) is 0 Å². The van der Waals surface area contributed by atoms with Crippen LogP contribution in [0.5, 0.6) is 0 Å². The lowest BCUT2D eigenvalue weighted by molar-refractivity contribution is 0.0227. The molecule has 0 radical (unpaired) electrons. The highest BCUT2D eigenvalue weighted by molar-refractivity contribution is 5.68. The summed E-state index contributed by atoms with van der Waals surface area (Å²) in [5, 5.41) is 10.7. The zero-order chi connectivity index (χ0) is 15.1. The molecule has 0 rings (SSSR count). The summed E-state index contributed by atoms with van der Waals surface area (Å²) in [5.41, 5.74) is -0.522. The molecule has 0 aliphatic carbocycles. The molecule has 0 aromatic carbocycles. The van der Waals surface area contributed by atoms with Crippen LogP contribution < -0.4 is 5.32 Å². The van der Waals surface area contributed by atoms with E-state index < -0.39 is 11.7 Å². The standard InChI is InChI=1S/C13H26N2O4/c1-10(2)9-15(8-6-7-14-11(16)17)12(18)19-13(3,4)5/h10,14H,6-9H2,1-5H3,(H,16,17). The number of hydrogen-bond acceptors (Lipinski definition) is 3. The van der Waals surface area contributed by atoms with Gasteiger partial charge < -0.3 is 20.1 Å². The molecule has 0 aromatic heterocycles. The molecule has 2 N–H and O–H groups in total. The van der Waals surface area contributed by atoms with Gasteiger partial charge in [-0.05, 0) is 33.1 Å². The molecular weight excluding hydrogens is 248 g/mol. The molecule has 0 unspecified atom stereocenters. The van der Waals surface area contributed by atoms with Crippen LogP contribution in [-0.2, 0) is 4.74 Å². The third-order valence-corrected chi connectivity index (χ3v) is 2.12. The smallest absolute Gasteiger partial charge is 0.410 e. The van der Waals surface area contributed by atoms with Crippen molar-refractivity contribution in [3.05, 3.63) is 0 Å². The Hall–Kier alpha value is -1.46. The van der Waals surface area contributed by atoms with Gasteiger partial charge in [-0.15, -0.1) is 0 Å². The summed E-state index contributed by atoms with van der Waals surface area (Å²) in [5.74, 6) is 0.333. The van der Waals surface area contributed by atoms with Crippen molar-refractivity contribution < 1.29 is 19.4 Å². The summed E-state index contributed by atoms with van der Waals surface area (Å²) in [6.07, 6.45) is -0.831. The summed E-state index contributed by atoms with van der Waals surface area (Å²) < 4.78 is 5.33. The van der Waals surface area contributed by atoms with Crippen molar-refractivity contribution in [1.29, 1.82) is 0 Å². The van der Waals surface area contributed by atoms with Gasteiger partial charge in [0.15, 0.2) is 0 Å². The Morgan fingerprint density at radius 2 is 1.89 bits per heavy atom. The van der Waals surface area contributed by atoms with Crippen molar-refractivity contribution in [2.45, 2.75) is 46.6 Å². The summed E-state index contributed by atoms with van der Waals surface area (Å²) in [7, 11) is 0. The average Bonchev–Trinajstić information content (AvgIpc) is 2.19. The normalized spacial score (nSPS) is 11.3. The SMILES string of the molecule is CC(C)CN(CCCNC(=O)O)C(=O)OC(C)(C)C. The highest BCUT2D eigenvalue weighted by Gasteiger charge is 2.22. The lowest BCUT2D eigenvalue weighted by atomic mass is 10.2. The fourth-order valence-corrected chi connectivity index (χ4v) is 1.49. The zero-order valence-electron chi connectivity index (χ0n) is 12.5. The third-order valence-electron chi connectivity index (χ3n) is 2.12. The molecule has 0 aromatic rings. The molecule has 0 spiro atoms. The summed E-state index contributed by atoms with van der Waals surface area (Å²) in [6.45, 7) is 10.9. The second-order valence-electron chi connectivity index (χ2n) is 5.91. The molecule has 112 valence electrons. The lowest BCUT2D eigenvalue weighted by Crippen LogP contribution is -2.40. The maximum atomic E-state index is 12.0. The van der Waals surface area contributed by atoms with Crippen molar-refractivity contribution >= 4 is 12.2 Å². The van der Waals surface area contributed by atoms with Crippen molar-refractivity contribution in [2.75, 3.05) is 19.6 Å². The van der Waals surface area contributed by atoms with Crippen LogP contribution in [0.3, 0.4) is 0 Å². The molecule has 0 bridgehead atoms. The van der Waals surface area contributed by atoms with Gasteiger partial charge >= 0.3 is 12.2 Å². The molecule has 0 aliphatic rings. The molecule has 6 heteroatoms. The van der Waals surface area contributed by atoms with Crippen LogP contribution in [-0.4, -0.2) is 47.4 Å². The van der Waals surface area contributed by atoms with E-state index in [1.54, 1.807) is 4.90 Å². The summed E-state index contributed by atoms with van der Waals surface area (Å²) in [4.78, 5) is 23.9. The Morgan fingerprint density at radius 1 is 1.32 bits per heavy atom. The minimum absolute atomic E-state index is 0.326. The van der Waals surface area contributed by atoms with Crippen LogP contribution in [0.15, 0.2) is 0 Å². The number of hydrogen-bond donors (Lipinski definition) is 2. The minimum Gasteiger partial charge on any atom is -0.465 e. The van der Waals surface area contributed by atoms with E-state index in [9.17, 15) is 9.59 Å². The number of nitrogens with zero attached hydrogens (tertiary/aromatic N) is 1. The molecule has 2 amide bonds. The first-order valence-electron chi connectivity index (χ1n) is 6.56. The first kappa shape index (κ1) is 17.5. The largest absolute Gasteiger partial charge is 0.465 e. The zero-order valence-corrected chi connectivity index (χ0v) is 12.5. The van der Waals surface area contributed by atoms with E-state index >= 15 is 0 Å². The van der Waals surface area contributed by atoms with Gasteiger partial charge in [0.2, 0.25) is 0 Å². The Balaban J connectivity index is 4.29. The van der Waals surface area contributed by atoms with Gasteiger partial charge in [-0.1, -0.05) is 13.8 Å². The quantitative estimate of drug-likeness (QED) is 0.729. The molecule has 0 heterocycles. The number of carbonyl (C=O) groups excluding carboxylic acids is 1. The number of carboxylic acid groups (broad SMARTS) is 1. The number of amides is 2. The lowest BCUT2D eigenvalue weighted by Gasteiger charge is -2.28. The highest BCUT2D eigenvalue weighted by atomic mass is 16.6. The van der Waals surface area contributed by atoms with Crippen LogP contribution in [0.1, 0.15) is 41.0 Å². The average molecular weight is 274 g/mol. The van der Waals surface area contributed by atoms with Crippen LogP contribution in [0.25, 0.3) is 0 Å². The molecule has 0 atom stereocenters. The predicted molar refractivity (Wildman–Crippen MR) is 73.3 cm³/mol. The topological polar surface area (TPSA) is 78.9 Å². The van der Waals surface area contributed by atoms with Gasteiger partial charge in [0, 0.05) is 19.6 Å². The molecule has 0 fully saturated rings. The van der Waals surface area contributed by atoms with Gasteiger partial charge in [-0.3, -0.25) is 0 Å². The second-order valence-corrected chi connectivity index (χ2v) is 5.91. The molecule has 0 aliphatic heterocycles. The van der Waals surface area contributed by atoms with Gasteiger partial charge in [0.25, 0.3) is 0 Å². The fourth-order valence-electron chi connectivity index (χ4n) is 1.49. The van der Waals surface area contributed by atoms with Crippen molar-refractivity contribution in [3.8, 4) is 0 Å². The number of rotatable bonds is 6. The number of carbonyl (C=O) groups is 2. The summed E-state index contributed by atoms with van der Waals surface area (Å²) >= 11 is 0. The number of nitrogens with one attached hydrogen (secondary N) is 1. The van der Waals surface area contributed by atoms with E-state index in [2.05, 4.69) is 5.32 Å². The van der Waals surface area contributed by atoms with Gasteiger partial charge in [0.1, 0.15) is 5.60 Å². The Kier molecular flexibility index (Phi) is 7.26. The third kappa shape index (κ3) is 10.2. The first-order chi connectivity index (χ1) is 8.61. The van der Waals surface area contributed by atoms with Crippen LogP contribution in [0.4, 0.5) is 9.59 Å². The predicted octanol–water partition coefficient (Wildman–Crippen LogP) is 2.54. The maximum absolute atomic E-state index is 12.0. The van der Waals surface area contributed by atoms with E-state index in [4.69, 9.17) is 9.84 Å². The molecular formula is C13H26N2O4. The van der Waals surface area contributed by atoms with Crippen LogP contribution >= 0.6 is 0 Å². The van der Waals surface area contributed by atoms with Gasteiger partial charge in [0.05, 0.1) is 0 Å².